The summed E-state index contributed by atoms with van der Waals surface area (Å²) >= 11 is 0. The lowest BCUT2D eigenvalue weighted by molar-refractivity contribution is -0.131. The van der Waals surface area contributed by atoms with Crippen molar-refractivity contribution in [2.24, 2.45) is 0 Å². The Hall–Kier alpha value is -2.17. The Kier molecular flexibility index (Phi) is 5.90. The summed E-state index contributed by atoms with van der Waals surface area (Å²) in [5.74, 6) is -0.973. The maximum absolute atomic E-state index is 13.4. The minimum absolute atomic E-state index is 0.0277. The van der Waals surface area contributed by atoms with Gasteiger partial charge in [-0.05, 0) is 26.0 Å². The Labute approximate surface area is 118 Å². The van der Waals surface area contributed by atoms with Crippen LogP contribution in [0.4, 0.5) is 4.39 Å². The van der Waals surface area contributed by atoms with Gasteiger partial charge in [-0.25, -0.2) is 4.39 Å². The van der Waals surface area contributed by atoms with Gasteiger partial charge >= 0.3 is 0 Å². The lowest BCUT2D eigenvalue weighted by atomic mass is 10.2. The second-order valence-electron chi connectivity index (χ2n) is 4.77. The molecule has 20 heavy (non-hydrogen) atoms. The second kappa shape index (κ2) is 7.43. The van der Waals surface area contributed by atoms with Crippen molar-refractivity contribution < 1.29 is 14.0 Å². The first kappa shape index (κ1) is 15.9. The van der Waals surface area contributed by atoms with Gasteiger partial charge < -0.3 is 10.2 Å². The van der Waals surface area contributed by atoms with E-state index >= 15 is 0 Å². The predicted octanol–water partition coefficient (Wildman–Crippen LogP) is 1.82. The number of benzene rings is 1. The quantitative estimate of drug-likeness (QED) is 0.835. The smallest absolute Gasteiger partial charge is 0.246 e. The summed E-state index contributed by atoms with van der Waals surface area (Å²) in [6.07, 6.45) is 2.65. The summed E-state index contributed by atoms with van der Waals surface area (Å²) < 4.78 is 13.4. The van der Waals surface area contributed by atoms with Gasteiger partial charge in [-0.3, -0.25) is 9.59 Å². The van der Waals surface area contributed by atoms with Gasteiger partial charge in [0.15, 0.2) is 0 Å². The zero-order valence-corrected chi connectivity index (χ0v) is 11.9. The van der Waals surface area contributed by atoms with Crippen molar-refractivity contribution in [3.8, 4) is 0 Å². The fourth-order valence-corrected chi connectivity index (χ4v) is 1.56. The largest absolute Gasteiger partial charge is 0.352 e. The van der Waals surface area contributed by atoms with Gasteiger partial charge in [-0.1, -0.05) is 18.2 Å². The Morgan fingerprint density at radius 2 is 2.00 bits per heavy atom. The van der Waals surface area contributed by atoms with Crippen molar-refractivity contribution in [2.75, 3.05) is 13.6 Å². The molecule has 0 aliphatic heterocycles. The number of likely N-dealkylation sites (N-methyl/N-ethyl adjacent to an activating group) is 1. The standard InChI is InChI=1S/C15H19FN2O2/c1-11(2)17-14(19)10-18(3)15(20)9-8-12-6-4-5-7-13(12)16/h4-9,11H,10H2,1-3H3,(H,17,19). The fourth-order valence-electron chi connectivity index (χ4n) is 1.56. The first-order valence-corrected chi connectivity index (χ1v) is 6.37. The highest BCUT2D eigenvalue weighted by atomic mass is 19.1. The second-order valence-corrected chi connectivity index (χ2v) is 4.77. The molecule has 0 spiro atoms. The van der Waals surface area contributed by atoms with E-state index in [-0.39, 0.29) is 24.4 Å². The SMILES string of the molecule is CC(C)NC(=O)CN(C)C(=O)C=Cc1ccccc1F. The molecule has 0 fully saturated rings. The lowest BCUT2D eigenvalue weighted by Crippen LogP contribution is -2.40. The summed E-state index contributed by atoms with van der Waals surface area (Å²) in [6, 6.07) is 6.19. The molecule has 1 rings (SSSR count). The maximum Gasteiger partial charge on any atom is 0.246 e. The number of hydrogen-bond acceptors (Lipinski definition) is 2. The molecule has 5 heteroatoms. The zero-order chi connectivity index (χ0) is 15.1. The molecule has 0 saturated heterocycles. The first-order chi connectivity index (χ1) is 9.40. The molecule has 1 N–H and O–H groups in total. The molecule has 108 valence electrons. The van der Waals surface area contributed by atoms with E-state index in [1.165, 1.54) is 30.2 Å². The molecular formula is C15H19FN2O2. The summed E-state index contributed by atoms with van der Waals surface area (Å²) in [7, 11) is 1.52. The number of nitrogens with one attached hydrogen (secondary N) is 1. The third kappa shape index (κ3) is 5.22. The number of carbonyl (C=O) groups is 2. The molecule has 1 aromatic carbocycles. The topological polar surface area (TPSA) is 49.4 Å². The van der Waals surface area contributed by atoms with E-state index < -0.39 is 5.82 Å². The first-order valence-electron chi connectivity index (χ1n) is 6.37. The third-order valence-corrected chi connectivity index (χ3v) is 2.52. The van der Waals surface area contributed by atoms with Crippen LogP contribution >= 0.6 is 0 Å². The number of amides is 2. The van der Waals surface area contributed by atoms with E-state index in [2.05, 4.69) is 5.32 Å². The molecular weight excluding hydrogens is 259 g/mol. The summed E-state index contributed by atoms with van der Waals surface area (Å²) in [4.78, 5) is 24.6. The molecule has 0 heterocycles. The van der Waals surface area contributed by atoms with E-state index in [4.69, 9.17) is 0 Å². The summed E-state index contributed by atoms with van der Waals surface area (Å²) in [5.41, 5.74) is 0.334. The van der Waals surface area contributed by atoms with Gasteiger partial charge in [-0.2, -0.15) is 0 Å². The molecule has 1 aromatic rings. The maximum atomic E-state index is 13.4. The molecule has 2 amide bonds. The van der Waals surface area contributed by atoms with E-state index in [1.54, 1.807) is 18.2 Å². The molecule has 0 bridgehead atoms. The van der Waals surface area contributed by atoms with Crippen LogP contribution in [0, 0.1) is 5.82 Å². The molecule has 4 nitrogen and oxygen atoms in total. The van der Waals surface area contributed by atoms with Crippen LogP contribution in [0.3, 0.4) is 0 Å². The van der Waals surface area contributed by atoms with Crippen LogP contribution in [-0.2, 0) is 9.59 Å². The van der Waals surface area contributed by atoms with E-state index in [0.717, 1.165) is 0 Å². The highest BCUT2D eigenvalue weighted by Gasteiger charge is 2.11. The van der Waals surface area contributed by atoms with Crippen LogP contribution in [0.5, 0.6) is 0 Å². The Morgan fingerprint density at radius 3 is 2.60 bits per heavy atom. The van der Waals surface area contributed by atoms with Crippen LogP contribution < -0.4 is 5.32 Å². The Balaban J connectivity index is 2.58. The number of rotatable bonds is 5. The fraction of sp³-hybridized carbons (Fsp3) is 0.333. The summed E-state index contributed by atoms with van der Waals surface area (Å²) in [5, 5.41) is 2.69. The van der Waals surface area contributed by atoms with Crippen molar-refractivity contribution >= 4 is 17.9 Å². The predicted molar refractivity (Wildman–Crippen MR) is 76.3 cm³/mol. The van der Waals surface area contributed by atoms with Crippen molar-refractivity contribution in [2.45, 2.75) is 19.9 Å². The molecule has 0 radical (unpaired) electrons. The number of hydrogen-bond donors (Lipinski definition) is 1. The lowest BCUT2D eigenvalue weighted by Gasteiger charge is -2.16. The van der Waals surface area contributed by atoms with Gasteiger partial charge in [0, 0.05) is 24.7 Å². The summed E-state index contributed by atoms with van der Waals surface area (Å²) in [6.45, 7) is 3.66. The van der Waals surface area contributed by atoms with Crippen LogP contribution in [-0.4, -0.2) is 36.3 Å². The minimum Gasteiger partial charge on any atom is -0.352 e. The van der Waals surface area contributed by atoms with Crippen molar-refractivity contribution in [1.29, 1.82) is 0 Å². The molecule has 0 atom stereocenters. The number of nitrogens with zero attached hydrogens (tertiary/aromatic N) is 1. The minimum atomic E-state index is -0.392. The van der Waals surface area contributed by atoms with Gasteiger partial charge in [0.25, 0.3) is 0 Å². The zero-order valence-electron chi connectivity index (χ0n) is 11.9. The molecule has 0 unspecified atom stereocenters. The normalized spacial score (nSPS) is 10.8. The van der Waals surface area contributed by atoms with E-state index in [0.29, 0.717) is 5.56 Å². The van der Waals surface area contributed by atoms with Crippen LogP contribution in [0.15, 0.2) is 30.3 Å². The van der Waals surface area contributed by atoms with Crippen molar-refractivity contribution in [3.05, 3.63) is 41.7 Å². The molecule has 0 saturated carbocycles. The van der Waals surface area contributed by atoms with Gasteiger partial charge in [0.1, 0.15) is 5.82 Å². The Bertz CT molecular complexity index is 512. The average molecular weight is 278 g/mol. The van der Waals surface area contributed by atoms with Gasteiger partial charge in [0.2, 0.25) is 11.8 Å². The van der Waals surface area contributed by atoms with Gasteiger partial charge in [0.05, 0.1) is 6.54 Å². The number of carbonyl (C=O) groups excluding carboxylic acids is 2. The number of halogens is 1. The van der Waals surface area contributed by atoms with E-state index in [1.807, 2.05) is 13.8 Å². The van der Waals surface area contributed by atoms with Crippen LogP contribution in [0.2, 0.25) is 0 Å². The third-order valence-electron chi connectivity index (χ3n) is 2.52. The van der Waals surface area contributed by atoms with Crippen LogP contribution in [0.25, 0.3) is 6.08 Å². The van der Waals surface area contributed by atoms with Crippen molar-refractivity contribution in [1.82, 2.24) is 10.2 Å². The molecule has 0 aromatic heterocycles. The molecule has 0 aliphatic rings. The molecule has 0 aliphatic carbocycles. The Morgan fingerprint density at radius 1 is 1.35 bits per heavy atom. The van der Waals surface area contributed by atoms with Gasteiger partial charge in [-0.15, -0.1) is 0 Å². The van der Waals surface area contributed by atoms with Crippen molar-refractivity contribution in [3.63, 3.8) is 0 Å². The highest BCUT2D eigenvalue weighted by Crippen LogP contribution is 2.08. The monoisotopic (exact) mass is 278 g/mol. The highest BCUT2D eigenvalue weighted by molar-refractivity contribution is 5.94. The average Bonchev–Trinajstić information content (AvgIpc) is 2.36. The van der Waals surface area contributed by atoms with E-state index in [9.17, 15) is 14.0 Å². The van der Waals surface area contributed by atoms with Crippen LogP contribution in [0.1, 0.15) is 19.4 Å².